The van der Waals surface area contributed by atoms with Crippen LogP contribution in [0.4, 0.5) is 16.4 Å². The maximum absolute atomic E-state index is 11.8. The summed E-state index contributed by atoms with van der Waals surface area (Å²) in [5.74, 6) is 0.165. The Labute approximate surface area is 203 Å². The summed E-state index contributed by atoms with van der Waals surface area (Å²) in [6, 6.07) is 11.4. The van der Waals surface area contributed by atoms with Crippen molar-refractivity contribution in [2.75, 3.05) is 17.2 Å². The van der Waals surface area contributed by atoms with Gasteiger partial charge in [-0.1, -0.05) is 24.3 Å². The zero-order chi connectivity index (χ0) is 23.5. The number of rotatable bonds is 6. The van der Waals surface area contributed by atoms with Gasteiger partial charge in [-0.3, -0.25) is 14.9 Å². The van der Waals surface area contributed by atoms with E-state index in [0.29, 0.717) is 34.7 Å². The number of carbonyl (C=O) groups is 2. The maximum Gasteiger partial charge on any atom is 0.290 e. The van der Waals surface area contributed by atoms with E-state index in [1.807, 2.05) is 0 Å². The van der Waals surface area contributed by atoms with Crippen LogP contribution in [0.25, 0.3) is 11.6 Å². The van der Waals surface area contributed by atoms with E-state index in [2.05, 4.69) is 68.5 Å². The Balaban J connectivity index is 1.13. The molecule has 1 aliphatic carbocycles. The molecule has 1 unspecified atom stereocenters. The molecule has 1 aromatic carbocycles. The summed E-state index contributed by atoms with van der Waals surface area (Å²) in [6.07, 6.45) is 9.84. The van der Waals surface area contributed by atoms with E-state index in [-0.39, 0.29) is 11.1 Å². The van der Waals surface area contributed by atoms with E-state index in [9.17, 15) is 9.59 Å². The Bertz CT molecular complexity index is 1160. The molecule has 8 nitrogen and oxygen atoms in total. The van der Waals surface area contributed by atoms with Crippen molar-refractivity contribution in [2.24, 2.45) is 0 Å². The number of hydrogen-bond donors (Lipinski definition) is 4. The molecule has 0 spiro atoms. The predicted molar refractivity (Wildman–Crippen MR) is 136 cm³/mol. The minimum absolute atomic E-state index is 0.311. The molecule has 34 heavy (non-hydrogen) atoms. The molecular formula is C25H28N6O2S. The molecule has 9 heteroatoms. The first kappa shape index (κ1) is 22.6. The summed E-state index contributed by atoms with van der Waals surface area (Å²) < 4.78 is 0. The van der Waals surface area contributed by atoms with Crippen LogP contribution in [0.2, 0.25) is 0 Å². The van der Waals surface area contributed by atoms with Gasteiger partial charge in [0.05, 0.1) is 10.6 Å². The third kappa shape index (κ3) is 5.31. The molecule has 5 rings (SSSR count). The van der Waals surface area contributed by atoms with Gasteiger partial charge in [-0.25, -0.2) is 9.97 Å². The van der Waals surface area contributed by atoms with E-state index in [1.165, 1.54) is 16.8 Å². The van der Waals surface area contributed by atoms with Gasteiger partial charge in [-0.05, 0) is 68.2 Å². The smallest absolute Gasteiger partial charge is 0.290 e. The Kier molecular flexibility index (Phi) is 6.64. The number of aromatic nitrogens is 2. The number of nitrogens with one attached hydrogen (secondary N) is 4. The molecule has 0 bridgehead atoms. The first-order valence-electron chi connectivity index (χ1n) is 11.7. The zero-order valence-corrected chi connectivity index (χ0v) is 19.8. The van der Waals surface area contributed by atoms with Gasteiger partial charge in [0.2, 0.25) is 5.95 Å². The van der Waals surface area contributed by atoms with Crippen molar-refractivity contribution in [1.29, 1.82) is 0 Å². The second-order valence-electron chi connectivity index (χ2n) is 8.90. The molecule has 2 aliphatic heterocycles. The third-order valence-electron chi connectivity index (χ3n) is 6.35. The summed E-state index contributed by atoms with van der Waals surface area (Å²) in [5, 5.41) is 12.6. The van der Waals surface area contributed by atoms with Gasteiger partial charge in [-0.2, -0.15) is 0 Å². The number of para-hydroxylation sites is 1. The molecule has 1 atom stereocenters. The summed E-state index contributed by atoms with van der Waals surface area (Å²) in [5.41, 5.74) is 4.45. The van der Waals surface area contributed by atoms with Gasteiger partial charge in [0, 0.05) is 42.1 Å². The number of imide groups is 1. The van der Waals surface area contributed by atoms with E-state index < -0.39 is 0 Å². The van der Waals surface area contributed by atoms with Crippen molar-refractivity contribution in [3.63, 3.8) is 0 Å². The number of hydrogen-bond acceptors (Lipinski definition) is 8. The first-order chi connectivity index (χ1) is 16.5. The molecule has 0 radical (unpaired) electrons. The van der Waals surface area contributed by atoms with Crippen LogP contribution in [0, 0.1) is 0 Å². The average molecular weight is 477 g/mol. The van der Waals surface area contributed by atoms with Crippen LogP contribution in [-0.4, -0.2) is 45.8 Å². The number of amides is 2. The average Bonchev–Trinajstić information content (AvgIpc) is 3.14. The molecule has 1 aromatic heterocycles. The van der Waals surface area contributed by atoms with Crippen LogP contribution in [0.3, 0.4) is 0 Å². The fraction of sp³-hybridized carbons (Fsp3) is 0.360. The van der Waals surface area contributed by atoms with Crippen LogP contribution in [0.5, 0.6) is 0 Å². The zero-order valence-electron chi connectivity index (χ0n) is 19.0. The van der Waals surface area contributed by atoms with Crippen LogP contribution in [0.15, 0.2) is 47.5 Å². The van der Waals surface area contributed by atoms with Crippen molar-refractivity contribution in [1.82, 2.24) is 20.6 Å². The Morgan fingerprint density at radius 3 is 2.71 bits per heavy atom. The molecular weight excluding hydrogens is 448 g/mol. The Morgan fingerprint density at radius 1 is 1.12 bits per heavy atom. The van der Waals surface area contributed by atoms with Crippen molar-refractivity contribution in [3.05, 3.63) is 58.8 Å². The highest BCUT2D eigenvalue weighted by atomic mass is 32.2. The molecule has 3 aliphatic rings. The molecule has 2 fully saturated rings. The molecule has 1 saturated heterocycles. The first-order valence-corrected chi connectivity index (χ1v) is 12.5. The van der Waals surface area contributed by atoms with Crippen LogP contribution in [-0.2, 0) is 4.79 Å². The van der Waals surface area contributed by atoms with Gasteiger partial charge < -0.3 is 16.0 Å². The number of thioether (sulfide) groups is 1. The van der Waals surface area contributed by atoms with Gasteiger partial charge >= 0.3 is 0 Å². The quantitative estimate of drug-likeness (QED) is 0.463. The summed E-state index contributed by atoms with van der Waals surface area (Å²) in [4.78, 5) is 32.3. The van der Waals surface area contributed by atoms with Crippen molar-refractivity contribution < 1.29 is 9.59 Å². The van der Waals surface area contributed by atoms with E-state index in [0.717, 1.165) is 44.0 Å². The van der Waals surface area contributed by atoms with Gasteiger partial charge in [0.25, 0.3) is 11.1 Å². The highest BCUT2D eigenvalue weighted by Crippen LogP contribution is 2.30. The minimum Gasteiger partial charge on any atom is -0.379 e. The van der Waals surface area contributed by atoms with E-state index in [4.69, 9.17) is 0 Å². The Hall–Kier alpha value is -3.17. The second kappa shape index (κ2) is 9.99. The number of anilines is 2. The van der Waals surface area contributed by atoms with Crippen LogP contribution in [0.1, 0.15) is 43.9 Å². The second-order valence-corrected chi connectivity index (χ2v) is 9.92. The lowest BCUT2D eigenvalue weighted by atomic mass is 9.90. The molecule has 3 heterocycles. The summed E-state index contributed by atoms with van der Waals surface area (Å²) >= 11 is 0.888. The van der Waals surface area contributed by atoms with Crippen LogP contribution < -0.4 is 21.3 Å². The van der Waals surface area contributed by atoms with Gasteiger partial charge in [0.15, 0.2) is 0 Å². The maximum atomic E-state index is 11.8. The van der Waals surface area contributed by atoms with Gasteiger partial charge in [-0.15, -0.1) is 0 Å². The fourth-order valence-electron chi connectivity index (χ4n) is 4.68. The summed E-state index contributed by atoms with van der Waals surface area (Å²) in [6.45, 7) is 3.06. The number of benzene rings is 1. The number of fused-ring (bicyclic) bond motifs is 1. The SMILES string of the molecule is CC1C=C(CN[C@H]2CC[C@@H](Nc3nccc(/C=C4\SC(=O)NC4=O)n3)CC2)c2ccccc2N1. The van der Waals surface area contributed by atoms with Crippen molar-refractivity contribution in [2.45, 2.75) is 50.7 Å². The fourth-order valence-corrected chi connectivity index (χ4v) is 5.35. The van der Waals surface area contributed by atoms with E-state index in [1.54, 1.807) is 18.3 Å². The molecule has 2 aromatic rings. The molecule has 2 amide bonds. The highest BCUT2D eigenvalue weighted by Gasteiger charge is 2.26. The lowest BCUT2D eigenvalue weighted by Crippen LogP contribution is -2.38. The third-order valence-corrected chi connectivity index (χ3v) is 7.16. The monoisotopic (exact) mass is 476 g/mol. The Morgan fingerprint density at radius 2 is 1.91 bits per heavy atom. The molecule has 4 N–H and O–H groups in total. The minimum atomic E-state index is -0.382. The van der Waals surface area contributed by atoms with Crippen LogP contribution >= 0.6 is 11.8 Å². The van der Waals surface area contributed by atoms with Crippen molar-refractivity contribution >= 4 is 46.2 Å². The molecule has 1 saturated carbocycles. The topological polar surface area (TPSA) is 108 Å². The van der Waals surface area contributed by atoms with Gasteiger partial charge in [0.1, 0.15) is 0 Å². The molecule has 176 valence electrons. The van der Waals surface area contributed by atoms with Crippen molar-refractivity contribution in [3.8, 4) is 0 Å². The highest BCUT2D eigenvalue weighted by molar-refractivity contribution is 8.18. The largest absolute Gasteiger partial charge is 0.379 e. The number of nitrogens with zero attached hydrogens (tertiary/aromatic N) is 2. The lowest BCUT2D eigenvalue weighted by Gasteiger charge is -2.31. The lowest BCUT2D eigenvalue weighted by molar-refractivity contribution is -0.115. The number of carbonyl (C=O) groups excluding carboxylic acids is 2. The normalized spacial score (nSPS) is 25.4. The summed E-state index contributed by atoms with van der Waals surface area (Å²) in [7, 11) is 0. The standard InChI is InChI=1S/C25H28N6O2S/c1-15-12-16(20-4-2-3-5-21(20)28-15)14-27-17-6-8-18(9-7-17)29-24-26-11-10-19(30-24)13-22-23(32)31-25(33)34-22/h2-5,10-13,15,17-18,27-28H,6-9,14H2,1H3,(H,26,29,30)(H,31,32,33)/b22-13-/t15?,17-,18+. The van der Waals surface area contributed by atoms with E-state index >= 15 is 0 Å². The predicted octanol–water partition coefficient (Wildman–Crippen LogP) is 4.01.